The van der Waals surface area contributed by atoms with Gasteiger partial charge in [0.15, 0.2) is 0 Å². The summed E-state index contributed by atoms with van der Waals surface area (Å²) in [5, 5.41) is 3.46. The Balaban J connectivity index is 2.69. The average molecular weight is 251 g/mol. The lowest BCUT2D eigenvalue weighted by molar-refractivity contribution is 0.434. The molecular weight excluding hydrogens is 225 g/mol. The highest BCUT2D eigenvalue weighted by Crippen LogP contribution is 2.25. The second kappa shape index (κ2) is 8.25. The lowest BCUT2D eigenvalue weighted by Gasteiger charge is -2.21. The molecule has 0 heterocycles. The van der Waals surface area contributed by atoms with Gasteiger partial charge >= 0.3 is 0 Å². The van der Waals surface area contributed by atoms with Crippen LogP contribution in [0.15, 0.2) is 24.3 Å². The number of rotatable bonds is 8. The number of hydrogen-bond donors (Lipinski definition) is 1. The van der Waals surface area contributed by atoms with Crippen molar-refractivity contribution in [2.45, 2.75) is 46.0 Å². The minimum absolute atomic E-state index is 0.128. The van der Waals surface area contributed by atoms with Gasteiger partial charge in [-0.05, 0) is 48.9 Å². The molecule has 102 valence electrons. The number of benzene rings is 1. The van der Waals surface area contributed by atoms with Crippen LogP contribution in [0.25, 0.3) is 0 Å². The first-order valence-electron chi connectivity index (χ1n) is 7.13. The van der Waals surface area contributed by atoms with Crippen molar-refractivity contribution in [2.24, 2.45) is 5.92 Å². The molecule has 0 radical (unpaired) electrons. The van der Waals surface area contributed by atoms with Gasteiger partial charge < -0.3 is 5.32 Å². The van der Waals surface area contributed by atoms with Gasteiger partial charge in [-0.3, -0.25) is 0 Å². The molecule has 0 aromatic heterocycles. The van der Waals surface area contributed by atoms with Gasteiger partial charge in [-0.2, -0.15) is 0 Å². The average Bonchev–Trinajstić information content (AvgIpc) is 2.37. The van der Waals surface area contributed by atoms with Gasteiger partial charge in [0.2, 0.25) is 0 Å². The number of halogens is 1. The molecule has 1 nitrogen and oxygen atoms in total. The Bertz CT molecular complexity index is 338. The van der Waals surface area contributed by atoms with E-state index in [1.165, 1.54) is 12.5 Å². The van der Waals surface area contributed by atoms with E-state index in [2.05, 4.69) is 26.1 Å². The SMILES string of the molecule is CCCNCC(CC(C)CC)c1cccc(F)c1. The normalized spacial score (nSPS) is 14.4. The Kier molecular flexibility index (Phi) is 6.96. The van der Waals surface area contributed by atoms with Crippen LogP contribution in [0, 0.1) is 11.7 Å². The zero-order valence-corrected chi connectivity index (χ0v) is 11.9. The van der Waals surface area contributed by atoms with Crippen molar-refractivity contribution >= 4 is 0 Å². The van der Waals surface area contributed by atoms with E-state index in [0.29, 0.717) is 11.8 Å². The molecule has 0 spiro atoms. The molecule has 2 unspecified atom stereocenters. The van der Waals surface area contributed by atoms with Crippen molar-refractivity contribution in [3.8, 4) is 0 Å². The fourth-order valence-corrected chi connectivity index (χ4v) is 2.20. The van der Waals surface area contributed by atoms with E-state index in [1.807, 2.05) is 12.1 Å². The molecule has 1 rings (SSSR count). The second-order valence-electron chi connectivity index (χ2n) is 5.21. The predicted octanol–water partition coefficient (Wildman–Crippen LogP) is 4.35. The Morgan fingerprint density at radius 1 is 1.28 bits per heavy atom. The van der Waals surface area contributed by atoms with Gasteiger partial charge in [-0.15, -0.1) is 0 Å². The number of nitrogens with one attached hydrogen (secondary N) is 1. The summed E-state index contributed by atoms with van der Waals surface area (Å²) < 4.78 is 13.3. The molecule has 0 aliphatic carbocycles. The summed E-state index contributed by atoms with van der Waals surface area (Å²) in [4.78, 5) is 0. The largest absolute Gasteiger partial charge is 0.316 e. The van der Waals surface area contributed by atoms with Crippen LogP contribution in [0.3, 0.4) is 0 Å². The van der Waals surface area contributed by atoms with Crippen molar-refractivity contribution < 1.29 is 4.39 Å². The molecule has 0 aliphatic rings. The van der Waals surface area contributed by atoms with Crippen LogP contribution >= 0.6 is 0 Å². The van der Waals surface area contributed by atoms with E-state index in [0.717, 1.165) is 31.5 Å². The first kappa shape index (κ1) is 15.2. The second-order valence-corrected chi connectivity index (χ2v) is 5.21. The third-order valence-electron chi connectivity index (χ3n) is 3.52. The summed E-state index contributed by atoms with van der Waals surface area (Å²) in [7, 11) is 0. The lowest BCUT2D eigenvalue weighted by Crippen LogP contribution is -2.23. The van der Waals surface area contributed by atoms with E-state index in [-0.39, 0.29) is 5.82 Å². The van der Waals surface area contributed by atoms with Crippen LogP contribution in [0.4, 0.5) is 4.39 Å². The minimum atomic E-state index is -0.128. The highest BCUT2D eigenvalue weighted by atomic mass is 19.1. The van der Waals surface area contributed by atoms with E-state index in [9.17, 15) is 4.39 Å². The van der Waals surface area contributed by atoms with Gasteiger partial charge in [0.25, 0.3) is 0 Å². The third kappa shape index (κ3) is 5.18. The van der Waals surface area contributed by atoms with Crippen LogP contribution in [-0.4, -0.2) is 13.1 Å². The topological polar surface area (TPSA) is 12.0 Å². The molecular formula is C16H26FN. The standard InChI is InChI=1S/C16H26FN/c1-4-9-18-12-15(10-13(3)5-2)14-7-6-8-16(17)11-14/h6-8,11,13,15,18H,4-5,9-10,12H2,1-3H3. The summed E-state index contributed by atoms with van der Waals surface area (Å²) in [6, 6.07) is 7.06. The highest BCUT2D eigenvalue weighted by molar-refractivity contribution is 5.21. The van der Waals surface area contributed by atoms with Crippen LogP contribution in [-0.2, 0) is 0 Å². The molecule has 0 bridgehead atoms. The smallest absolute Gasteiger partial charge is 0.123 e. The fourth-order valence-electron chi connectivity index (χ4n) is 2.20. The van der Waals surface area contributed by atoms with Crippen LogP contribution < -0.4 is 5.32 Å². The van der Waals surface area contributed by atoms with Crippen LogP contribution in [0.5, 0.6) is 0 Å². The summed E-state index contributed by atoms with van der Waals surface area (Å²) in [6.07, 6.45) is 3.44. The molecule has 0 fully saturated rings. The molecule has 0 aliphatic heterocycles. The zero-order valence-electron chi connectivity index (χ0n) is 11.9. The molecule has 2 heteroatoms. The molecule has 0 amide bonds. The quantitative estimate of drug-likeness (QED) is 0.677. The van der Waals surface area contributed by atoms with Gasteiger partial charge in [-0.25, -0.2) is 4.39 Å². The fraction of sp³-hybridized carbons (Fsp3) is 0.625. The van der Waals surface area contributed by atoms with Crippen molar-refractivity contribution in [2.75, 3.05) is 13.1 Å². The van der Waals surface area contributed by atoms with Gasteiger partial charge in [0, 0.05) is 6.54 Å². The molecule has 1 aromatic rings. The van der Waals surface area contributed by atoms with Crippen molar-refractivity contribution in [1.29, 1.82) is 0 Å². The van der Waals surface area contributed by atoms with Gasteiger partial charge in [0.05, 0.1) is 0 Å². The van der Waals surface area contributed by atoms with E-state index >= 15 is 0 Å². The maximum atomic E-state index is 13.3. The highest BCUT2D eigenvalue weighted by Gasteiger charge is 2.14. The van der Waals surface area contributed by atoms with Gasteiger partial charge in [0.1, 0.15) is 5.82 Å². The Morgan fingerprint density at radius 3 is 2.67 bits per heavy atom. The summed E-state index contributed by atoms with van der Waals surface area (Å²) in [5.41, 5.74) is 1.12. The van der Waals surface area contributed by atoms with Crippen LogP contribution in [0.1, 0.15) is 51.5 Å². The van der Waals surface area contributed by atoms with Crippen molar-refractivity contribution in [1.82, 2.24) is 5.32 Å². The Labute approximate surface area is 111 Å². The summed E-state index contributed by atoms with van der Waals surface area (Å²) in [6.45, 7) is 8.63. The number of hydrogen-bond acceptors (Lipinski definition) is 1. The summed E-state index contributed by atoms with van der Waals surface area (Å²) >= 11 is 0. The Morgan fingerprint density at radius 2 is 2.06 bits per heavy atom. The first-order chi connectivity index (χ1) is 8.67. The Hall–Kier alpha value is -0.890. The van der Waals surface area contributed by atoms with Gasteiger partial charge in [-0.1, -0.05) is 39.3 Å². The van der Waals surface area contributed by atoms with E-state index in [4.69, 9.17) is 0 Å². The molecule has 1 aromatic carbocycles. The summed E-state index contributed by atoms with van der Waals surface area (Å²) in [5.74, 6) is 0.973. The maximum Gasteiger partial charge on any atom is 0.123 e. The maximum absolute atomic E-state index is 13.3. The molecule has 2 atom stereocenters. The molecule has 1 N–H and O–H groups in total. The molecule has 18 heavy (non-hydrogen) atoms. The monoisotopic (exact) mass is 251 g/mol. The zero-order chi connectivity index (χ0) is 13.4. The molecule has 0 saturated carbocycles. The van der Waals surface area contributed by atoms with E-state index < -0.39 is 0 Å². The van der Waals surface area contributed by atoms with Crippen molar-refractivity contribution in [3.05, 3.63) is 35.6 Å². The lowest BCUT2D eigenvalue weighted by atomic mass is 9.88. The third-order valence-corrected chi connectivity index (χ3v) is 3.52. The van der Waals surface area contributed by atoms with E-state index in [1.54, 1.807) is 6.07 Å². The molecule has 0 saturated heterocycles. The first-order valence-corrected chi connectivity index (χ1v) is 7.13. The van der Waals surface area contributed by atoms with Crippen LogP contribution in [0.2, 0.25) is 0 Å². The predicted molar refractivity (Wildman–Crippen MR) is 76.4 cm³/mol. The minimum Gasteiger partial charge on any atom is -0.316 e. The van der Waals surface area contributed by atoms with Crippen molar-refractivity contribution in [3.63, 3.8) is 0 Å².